The molecule has 3 aromatic rings. The van der Waals surface area contributed by atoms with Crippen LogP contribution in [-0.4, -0.2) is 40.2 Å². The van der Waals surface area contributed by atoms with Gasteiger partial charge in [0.15, 0.2) is 17.0 Å². The molecular formula is C18H23FN6O2S. The van der Waals surface area contributed by atoms with Gasteiger partial charge in [-0.25, -0.2) is 32.5 Å². The third-order valence-corrected chi connectivity index (χ3v) is 5.18. The normalized spacial score (nSPS) is 13.4. The predicted octanol–water partition coefficient (Wildman–Crippen LogP) is 1.87. The smallest absolute Gasteiger partial charge is 0.208 e. The molecule has 0 aliphatic carbocycles. The Bertz CT molecular complexity index is 1130. The van der Waals surface area contributed by atoms with E-state index in [0.717, 1.165) is 6.26 Å². The zero-order valence-corrected chi connectivity index (χ0v) is 17.0. The SMILES string of the molecule is CC(C)C(Cc1nc(N)c2nc(-c3cccc(F)c3)n(C)c2n1)NS(C)(=O)=O. The van der Waals surface area contributed by atoms with Crippen molar-refractivity contribution < 1.29 is 12.8 Å². The van der Waals surface area contributed by atoms with Crippen LogP contribution in [0.2, 0.25) is 0 Å². The van der Waals surface area contributed by atoms with E-state index in [-0.39, 0.29) is 30.0 Å². The van der Waals surface area contributed by atoms with Crippen molar-refractivity contribution in [1.29, 1.82) is 0 Å². The Morgan fingerprint density at radius 1 is 1.25 bits per heavy atom. The fraction of sp³-hybridized carbons (Fsp3) is 0.389. The number of nitrogens with one attached hydrogen (secondary N) is 1. The summed E-state index contributed by atoms with van der Waals surface area (Å²) in [6, 6.07) is 5.73. The summed E-state index contributed by atoms with van der Waals surface area (Å²) in [4.78, 5) is 13.3. The first-order valence-corrected chi connectivity index (χ1v) is 10.7. The third kappa shape index (κ3) is 4.28. The van der Waals surface area contributed by atoms with E-state index in [2.05, 4.69) is 19.7 Å². The number of nitrogens with two attached hydrogens (primary N) is 1. The van der Waals surface area contributed by atoms with Crippen LogP contribution in [0.1, 0.15) is 19.7 Å². The fourth-order valence-corrected chi connectivity index (χ4v) is 3.90. The highest BCUT2D eigenvalue weighted by Gasteiger charge is 2.22. The van der Waals surface area contributed by atoms with Crippen molar-refractivity contribution in [2.24, 2.45) is 13.0 Å². The van der Waals surface area contributed by atoms with Gasteiger partial charge in [-0.1, -0.05) is 26.0 Å². The average molecular weight is 406 g/mol. The van der Waals surface area contributed by atoms with Gasteiger partial charge >= 0.3 is 0 Å². The first-order valence-electron chi connectivity index (χ1n) is 8.77. The van der Waals surface area contributed by atoms with Crippen molar-refractivity contribution in [3.05, 3.63) is 35.9 Å². The highest BCUT2D eigenvalue weighted by atomic mass is 32.2. The van der Waals surface area contributed by atoms with E-state index < -0.39 is 10.0 Å². The minimum absolute atomic E-state index is 0.0321. The molecule has 1 unspecified atom stereocenters. The molecule has 10 heteroatoms. The molecule has 0 saturated heterocycles. The second kappa shape index (κ2) is 7.44. The molecular weight excluding hydrogens is 383 g/mol. The van der Waals surface area contributed by atoms with Crippen molar-refractivity contribution in [3.8, 4) is 11.4 Å². The molecule has 0 radical (unpaired) electrons. The van der Waals surface area contributed by atoms with Gasteiger partial charge in [-0.05, 0) is 18.1 Å². The van der Waals surface area contributed by atoms with Crippen molar-refractivity contribution in [3.63, 3.8) is 0 Å². The van der Waals surface area contributed by atoms with Crippen LogP contribution in [0, 0.1) is 11.7 Å². The molecule has 2 aromatic heterocycles. The lowest BCUT2D eigenvalue weighted by Gasteiger charge is -2.20. The summed E-state index contributed by atoms with van der Waals surface area (Å²) in [5, 5.41) is 0. The quantitative estimate of drug-likeness (QED) is 0.646. The Hall–Kier alpha value is -2.59. The molecule has 0 aliphatic heterocycles. The van der Waals surface area contributed by atoms with E-state index in [1.165, 1.54) is 12.1 Å². The van der Waals surface area contributed by atoms with Gasteiger partial charge in [-0.3, -0.25) is 0 Å². The minimum Gasteiger partial charge on any atom is -0.382 e. The van der Waals surface area contributed by atoms with Crippen LogP contribution in [0.4, 0.5) is 10.2 Å². The largest absolute Gasteiger partial charge is 0.382 e. The molecule has 3 N–H and O–H groups in total. The third-order valence-electron chi connectivity index (χ3n) is 4.45. The molecule has 1 atom stereocenters. The molecule has 3 rings (SSSR count). The maximum Gasteiger partial charge on any atom is 0.208 e. The number of benzene rings is 1. The summed E-state index contributed by atoms with van der Waals surface area (Å²) in [7, 11) is -1.61. The summed E-state index contributed by atoms with van der Waals surface area (Å²) in [5.41, 5.74) is 7.61. The van der Waals surface area contributed by atoms with Gasteiger partial charge in [0.05, 0.1) is 6.26 Å². The van der Waals surface area contributed by atoms with E-state index in [9.17, 15) is 12.8 Å². The number of hydrogen-bond donors (Lipinski definition) is 2. The minimum atomic E-state index is -3.38. The van der Waals surface area contributed by atoms with Crippen LogP contribution in [0.3, 0.4) is 0 Å². The number of aryl methyl sites for hydroxylation is 1. The highest BCUT2D eigenvalue weighted by Crippen LogP contribution is 2.26. The van der Waals surface area contributed by atoms with Crippen molar-refractivity contribution in [1.82, 2.24) is 24.2 Å². The van der Waals surface area contributed by atoms with Gasteiger partial charge in [-0.15, -0.1) is 0 Å². The Kier molecular flexibility index (Phi) is 5.35. The molecule has 0 saturated carbocycles. The predicted molar refractivity (Wildman–Crippen MR) is 106 cm³/mol. The van der Waals surface area contributed by atoms with Crippen molar-refractivity contribution in [2.45, 2.75) is 26.3 Å². The number of halogens is 1. The molecule has 2 heterocycles. The Balaban J connectivity index is 2.04. The van der Waals surface area contributed by atoms with Gasteiger partial charge in [0.2, 0.25) is 10.0 Å². The van der Waals surface area contributed by atoms with Crippen LogP contribution in [0.5, 0.6) is 0 Å². The van der Waals surface area contributed by atoms with Crippen LogP contribution >= 0.6 is 0 Å². The number of aromatic nitrogens is 4. The topological polar surface area (TPSA) is 116 Å². The van der Waals surface area contributed by atoms with Gasteiger partial charge < -0.3 is 10.3 Å². The Morgan fingerprint density at radius 3 is 2.57 bits per heavy atom. The number of imidazole rings is 1. The molecule has 150 valence electrons. The van der Waals surface area contributed by atoms with Crippen LogP contribution in [-0.2, 0) is 23.5 Å². The highest BCUT2D eigenvalue weighted by molar-refractivity contribution is 7.88. The Morgan fingerprint density at radius 2 is 1.96 bits per heavy atom. The first kappa shape index (κ1) is 20.2. The standard InChI is InChI=1S/C18H23FN6O2S/c1-10(2)13(24-28(4,26)27)9-14-21-16(20)15-18(22-14)25(3)17(23-15)11-6-5-7-12(19)8-11/h5-8,10,13,24H,9H2,1-4H3,(H2,20,21,22). The van der Waals surface area contributed by atoms with Gasteiger partial charge in [0, 0.05) is 25.1 Å². The molecule has 0 fully saturated rings. The average Bonchev–Trinajstić information content (AvgIpc) is 2.91. The summed E-state index contributed by atoms with van der Waals surface area (Å²) < 4.78 is 41.2. The van der Waals surface area contributed by atoms with Crippen LogP contribution < -0.4 is 10.5 Å². The van der Waals surface area contributed by atoms with E-state index >= 15 is 0 Å². The summed E-state index contributed by atoms with van der Waals surface area (Å²) in [6.07, 6.45) is 1.40. The van der Waals surface area contributed by atoms with Gasteiger partial charge in [-0.2, -0.15) is 0 Å². The Labute approximate surface area is 163 Å². The lowest BCUT2D eigenvalue weighted by Crippen LogP contribution is -2.39. The van der Waals surface area contributed by atoms with Gasteiger partial charge in [0.25, 0.3) is 0 Å². The number of sulfonamides is 1. The zero-order valence-electron chi connectivity index (χ0n) is 16.1. The summed E-state index contributed by atoms with van der Waals surface area (Å²) in [6.45, 7) is 3.83. The number of fused-ring (bicyclic) bond motifs is 1. The maximum absolute atomic E-state index is 13.6. The van der Waals surface area contributed by atoms with Crippen molar-refractivity contribution >= 4 is 27.0 Å². The summed E-state index contributed by atoms with van der Waals surface area (Å²) >= 11 is 0. The first-order chi connectivity index (χ1) is 13.0. The van der Waals surface area contributed by atoms with E-state index in [1.807, 2.05) is 13.8 Å². The summed E-state index contributed by atoms with van der Waals surface area (Å²) in [5.74, 6) is 0.789. The van der Waals surface area contributed by atoms with Crippen LogP contribution in [0.25, 0.3) is 22.6 Å². The second-order valence-corrected chi connectivity index (χ2v) is 8.93. The number of rotatable bonds is 6. The molecule has 0 amide bonds. The maximum atomic E-state index is 13.6. The second-order valence-electron chi connectivity index (χ2n) is 7.15. The number of nitrogen functional groups attached to an aromatic ring is 1. The van der Waals surface area contributed by atoms with E-state index in [1.54, 1.807) is 23.7 Å². The fourth-order valence-electron chi connectivity index (χ4n) is 2.99. The molecule has 1 aromatic carbocycles. The lowest BCUT2D eigenvalue weighted by atomic mass is 10.0. The van der Waals surface area contributed by atoms with Gasteiger partial charge in [0.1, 0.15) is 17.5 Å². The number of anilines is 1. The zero-order chi connectivity index (χ0) is 20.6. The number of hydrogen-bond acceptors (Lipinski definition) is 6. The molecule has 28 heavy (non-hydrogen) atoms. The molecule has 8 nitrogen and oxygen atoms in total. The molecule has 0 aliphatic rings. The van der Waals surface area contributed by atoms with E-state index in [0.29, 0.717) is 28.4 Å². The monoisotopic (exact) mass is 406 g/mol. The lowest BCUT2D eigenvalue weighted by molar-refractivity contribution is 0.440. The number of nitrogens with zero attached hydrogens (tertiary/aromatic N) is 4. The van der Waals surface area contributed by atoms with E-state index in [4.69, 9.17) is 5.73 Å². The van der Waals surface area contributed by atoms with Crippen LogP contribution in [0.15, 0.2) is 24.3 Å². The molecule has 0 bridgehead atoms. The van der Waals surface area contributed by atoms with Crippen molar-refractivity contribution in [2.75, 3.05) is 12.0 Å². The molecule has 0 spiro atoms.